The molecule has 0 aliphatic carbocycles. The number of nitrogens with zero attached hydrogens (tertiary/aromatic N) is 3. The van der Waals surface area contributed by atoms with Gasteiger partial charge in [0.2, 0.25) is 5.91 Å². The van der Waals surface area contributed by atoms with Crippen molar-refractivity contribution in [1.82, 2.24) is 9.97 Å². The molecule has 1 aromatic heterocycles. The highest BCUT2D eigenvalue weighted by Gasteiger charge is 2.27. The van der Waals surface area contributed by atoms with Crippen LogP contribution in [0.2, 0.25) is 0 Å². The molecule has 1 atom stereocenters. The van der Waals surface area contributed by atoms with Gasteiger partial charge in [-0.25, -0.2) is 4.98 Å². The molecule has 7 heteroatoms. The number of ether oxygens (including phenoxy) is 2. The van der Waals surface area contributed by atoms with Gasteiger partial charge in [-0.1, -0.05) is 0 Å². The molecule has 2 aliphatic rings. The molecule has 0 unspecified atom stereocenters. The Kier molecular flexibility index (Phi) is 4.86. The third kappa shape index (κ3) is 3.71. The summed E-state index contributed by atoms with van der Waals surface area (Å²) in [5.41, 5.74) is 0.732. The Hall–Kier alpha value is -2.83. The van der Waals surface area contributed by atoms with Gasteiger partial charge < -0.3 is 19.7 Å². The van der Waals surface area contributed by atoms with Crippen molar-refractivity contribution in [2.45, 2.75) is 19.3 Å². The van der Waals surface area contributed by atoms with Gasteiger partial charge in [0.25, 0.3) is 0 Å². The van der Waals surface area contributed by atoms with Crippen molar-refractivity contribution in [1.29, 1.82) is 0 Å². The van der Waals surface area contributed by atoms with Crippen LogP contribution in [0.4, 0.5) is 11.5 Å². The number of hydrogen-bond acceptors (Lipinski definition) is 6. The Morgan fingerprint density at radius 1 is 1.15 bits per heavy atom. The van der Waals surface area contributed by atoms with Gasteiger partial charge in [-0.05, 0) is 25.0 Å². The normalized spacial score (nSPS) is 19.5. The van der Waals surface area contributed by atoms with Gasteiger partial charge in [0.15, 0.2) is 11.5 Å². The van der Waals surface area contributed by atoms with Gasteiger partial charge in [-0.3, -0.25) is 9.78 Å². The first kappa shape index (κ1) is 16.6. The summed E-state index contributed by atoms with van der Waals surface area (Å²) in [4.78, 5) is 23.3. The molecule has 1 saturated heterocycles. The Labute approximate surface area is 152 Å². The van der Waals surface area contributed by atoms with Crippen LogP contribution in [-0.2, 0) is 4.79 Å². The van der Waals surface area contributed by atoms with E-state index in [2.05, 4.69) is 20.2 Å². The molecule has 1 fully saturated rings. The molecule has 1 N–H and O–H groups in total. The van der Waals surface area contributed by atoms with Crippen LogP contribution in [0.15, 0.2) is 36.8 Å². The van der Waals surface area contributed by atoms with Crippen molar-refractivity contribution in [3.63, 3.8) is 0 Å². The number of fused-ring (bicyclic) bond motifs is 1. The first-order chi connectivity index (χ1) is 12.8. The second kappa shape index (κ2) is 7.59. The molecule has 1 amide bonds. The van der Waals surface area contributed by atoms with Gasteiger partial charge in [0, 0.05) is 43.7 Å². The topological polar surface area (TPSA) is 76.6 Å². The molecule has 26 heavy (non-hydrogen) atoms. The molecule has 3 heterocycles. The second-order valence-electron chi connectivity index (χ2n) is 6.55. The highest BCUT2D eigenvalue weighted by Crippen LogP contribution is 2.32. The summed E-state index contributed by atoms with van der Waals surface area (Å²) in [7, 11) is 0. The average molecular weight is 354 g/mol. The Morgan fingerprint density at radius 3 is 2.88 bits per heavy atom. The average Bonchev–Trinajstić information content (AvgIpc) is 2.94. The number of piperidine rings is 1. The SMILES string of the molecule is O=C(Nc1ccc2c(c1)OCCCO2)[C@@H]1CCCN(c2cnccn2)C1. The number of aromatic nitrogens is 2. The summed E-state index contributed by atoms with van der Waals surface area (Å²) in [6.45, 7) is 2.82. The lowest BCUT2D eigenvalue weighted by molar-refractivity contribution is -0.120. The van der Waals surface area contributed by atoms with E-state index in [1.165, 1.54) is 0 Å². The van der Waals surface area contributed by atoms with Crippen LogP contribution in [0, 0.1) is 5.92 Å². The van der Waals surface area contributed by atoms with E-state index < -0.39 is 0 Å². The third-order valence-corrected chi connectivity index (χ3v) is 4.68. The predicted molar refractivity (Wildman–Crippen MR) is 97.6 cm³/mol. The molecule has 7 nitrogen and oxygen atoms in total. The fourth-order valence-corrected chi connectivity index (χ4v) is 3.34. The zero-order chi connectivity index (χ0) is 17.8. The van der Waals surface area contributed by atoms with Gasteiger partial charge in [0.1, 0.15) is 5.82 Å². The van der Waals surface area contributed by atoms with Crippen LogP contribution < -0.4 is 19.7 Å². The van der Waals surface area contributed by atoms with Gasteiger partial charge >= 0.3 is 0 Å². The summed E-state index contributed by atoms with van der Waals surface area (Å²) in [5, 5.41) is 3.02. The largest absolute Gasteiger partial charge is 0.490 e. The fourth-order valence-electron chi connectivity index (χ4n) is 3.34. The van der Waals surface area contributed by atoms with Crippen LogP contribution in [0.1, 0.15) is 19.3 Å². The number of nitrogens with one attached hydrogen (secondary N) is 1. The highest BCUT2D eigenvalue weighted by atomic mass is 16.5. The standard InChI is InChI=1S/C19H22N4O3/c24-19(14-3-1-8-23(13-14)18-12-20-6-7-21-18)22-15-4-5-16-17(11-15)26-10-2-9-25-16/h4-7,11-12,14H,1-3,8-10,13H2,(H,22,24)/t14-/m1/s1. The van der Waals surface area contributed by atoms with Crippen molar-refractivity contribution in [3.8, 4) is 11.5 Å². The zero-order valence-electron chi connectivity index (χ0n) is 14.6. The van der Waals surface area contributed by atoms with E-state index in [0.29, 0.717) is 25.5 Å². The highest BCUT2D eigenvalue weighted by molar-refractivity contribution is 5.93. The molecule has 0 saturated carbocycles. The van der Waals surface area contributed by atoms with Crippen LogP contribution in [-0.4, -0.2) is 42.2 Å². The maximum atomic E-state index is 12.7. The van der Waals surface area contributed by atoms with Crippen LogP contribution in [0.3, 0.4) is 0 Å². The third-order valence-electron chi connectivity index (χ3n) is 4.68. The molecule has 2 aliphatic heterocycles. The molecular weight excluding hydrogens is 332 g/mol. The molecule has 0 spiro atoms. The molecule has 1 aromatic carbocycles. The van der Waals surface area contributed by atoms with Crippen LogP contribution >= 0.6 is 0 Å². The lowest BCUT2D eigenvalue weighted by Gasteiger charge is -2.32. The van der Waals surface area contributed by atoms with Gasteiger partial charge in [-0.15, -0.1) is 0 Å². The molecule has 136 valence electrons. The summed E-state index contributed by atoms with van der Waals surface area (Å²) >= 11 is 0. The molecule has 0 bridgehead atoms. The number of anilines is 2. The number of hydrogen-bond donors (Lipinski definition) is 1. The smallest absolute Gasteiger partial charge is 0.229 e. The van der Waals surface area contributed by atoms with Gasteiger partial charge in [-0.2, -0.15) is 0 Å². The molecule has 4 rings (SSSR count). The van der Waals surface area contributed by atoms with Crippen molar-refractivity contribution < 1.29 is 14.3 Å². The van der Waals surface area contributed by atoms with Gasteiger partial charge in [0.05, 0.1) is 25.3 Å². The summed E-state index contributed by atoms with van der Waals surface area (Å²) in [5.74, 6) is 2.17. The van der Waals surface area contributed by atoms with Crippen molar-refractivity contribution in [2.24, 2.45) is 5.92 Å². The first-order valence-corrected chi connectivity index (χ1v) is 9.01. The number of rotatable bonds is 3. The number of amides is 1. The van der Waals surface area contributed by atoms with Crippen molar-refractivity contribution >= 4 is 17.4 Å². The predicted octanol–water partition coefficient (Wildman–Crippen LogP) is 2.49. The molecule has 2 aromatic rings. The lowest BCUT2D eigenvalue weighted by atomic mass is 9.97. The maximum absolute atomic E-state index is 12.7. The van der Waals surface area contributed by atoms with E-state index in [-0.39, 0.29) is 11.8 Å². The monoisotopic (exact) mass is 354 g/mol. The van der Waals surface area contributed by atoms with Crippen LogP contribution in [0.25, 0.3) is 0 Å². The minimum absolute atomic E-state index is 0.0214. The minimum Gasteiger partial charge on any atom is -0.490 e. The molecular formula is C19H22N4O3. The minimum atomic E-state index is -0.0817. The second-order valence-corrected chi connectivity index (χ2v) is 6.55. The molecule has 0 radical (unpaired) electrons. The lowest BCUT2D eigenvalue weighted by Crippen LogP contribution is -2.41. The number of carbonyl (C=O) groups excluding carboxylic acids is 1. The van der Waals surface area contributed by atoms with E-state index in [4.69, 9.17) is 9.47 Å². The quantitative estimate of drug-likeness (QED) is 0.913. The van der Waals surface area contributed by atoms with Crippen LogP contribution in [0.5, 0.6) is 11.5 Å². The fraction of sp³-hybridized carbons (Fsp3) is 0.421. The van der Waals surface area contributed by atoms with E-state index in [1.54, 1.807) is 18.6 Å². The maximum Gasteiger partial charge on any atom is 0.229 e. The Bertz CT molecular complexity index is 769. The number of carbonyl (C=O) groups is 1. The van der Waals surface area contributed by atoms with E-state index in [0.717, 1.165) is 43.1 Å². The summed E-state index contributed by atoms with van der Waals surface area (Å²) in [6, 6.07) is 5.54. The summed E-state index contributed by atoms with van der Waals surface area (Å²) < 4.78 is 11.3. The van der Waals surface area contributed by atoms with E-state index in [9.17, 15) is 4.79 Å². The summed E-state index contributed by atoms with van der Waals surface area (Å²) in [6.07, 6.45) is 7.75. The van der Waals surface area contributed by atoms with E-state index >= 15 is 0 Å². The Balaban J connectivity index is 1.42. The van der Waals surface area contributed by atoms with Crippen molar-refractivity contribution in [2.75, 3.05) is 36.5 Å². The number of benzene rings is 1. The van der Waals surface area contributed by atoms with Crippen molar-refractivity contribution in [3.05, 3.63) is 36.8 Å². The first-order valence-electron chi connectivity index (χ1n) is 9.01. The van der Waals surface area contributed by atoms with E-state index in [1.807, 2.05) is 18.2 Å². The zero-order valence-corrected chi connectivity index (χ0v) is 14.6. The Morgan fingerprint density at radius 2 is 2.04 bits per heavy atom.